The second kappa shape index (κ2) is 7.75. The standard InChI is InChI=1S/C18H25N5O2S/c1-2-22-6-5-19-16(22)12-20-17(24)13-3-4-15-14(11-13)21-18(26-15)23-7-9-25-10-8-23/h5-6,13H,2-4,7-12H2,1H3,(H,20,24). The molecule has 0 bridgehead atoms. The van der Waals surface area contributed by atoms with Crippen molar-refractivity contribution in [1.82, 2.24) is 19.9 Å². The van der Waals surface area contributed by atoms with Crippen LogP contribution >= 0.6 is 11.3 Å². The largest absolute Gasteiger partial charge is 0.378 e. The Morgan fingerprint density at radius 1 is 1.42 bits per heavy atom. The van der Waals surface area contributed by atoms with Gasteiger partial charge in [-0.1, -0.05) is 0 Å². The molecular formula is C18H25N5O2S. The number of nitrogens with zero attached hydrogens (tertiary/aromatic N) is 4. The first kappa shape index (κ1) is 17.5. The SMILES string of the molecule is CCn1ccnc1CNC(=O)C1CCc2sc(N3CCOCC3)nc2C1. The van der Waals surface area contributed by atoms with E-state index in [0.29, 0.717) is 6.54 Å². The van der Waals surface area contributed by atoms with Crippen molar-refractivity contribution in [1.29, 1.82) is 0 Å². The van der Waals surface area contributed by atoms with Crippen LogP contribution in [0.3, 0.4) is 0 Å². The maximum Gasteiger partial charge on any atom is 0.223 e. The van der Waals surface area contributed by atoms with E-state index in [-0.39, 0.29) is 11.8 Å². The number of imidazole rings is 1. The molecule has 1 N–H and O–H groups in total. The Bertz CT molecular complexity index is 765. The quantitative estimate of drug-likeness (QED) is 0.860. The minimum absolute atomic E-state index is 0.00665. The zero-order chi connectivity index (χ0) is 17.9. The van der Waals surface area contributed by atoms with Gasteiger partial charge in [-0.05, 0) is 19.8 Å². The minimum atomic E-state index is 0.00665. The third kappa shape index (κ3) is 3.61. The molecule has 7 nitrogen and oxygen atoms in total. The summed E-state index contributed by atoms with van der Waals surface area (Å²) in [6, 6.07) is 0. The molecule has 1 unspecified atom stereocenters. The summed E-state index contributed by atoms with van der Waals surface area (Å²) in [5, 5.41) is 4.14. The normalized spacial score (nSPS) is 20.0. The number of thiazole rings is 1. The molecule has 0 aromatic carbocycles. The van der Waals surface area contributed by atoms with E-state index in [4.69, 9.17) is 9.72 Å². The van der Waals surface area contributed by atoms with Crippen LogP contribution in [0.5, 0.6) is 0 Å². The molecule has 0 saturated carbocycles. The zero-order valence-corrected chi connectivity index (χ0v) is 15.9. The van der Waals surface area contributed by atoms with Crippen molar-refractivity contribution in [2.24, 2.45) is 5.92 Å². The van der Waals surface area contributed by atoms with E-state index in [0.717, 1.165) is 68.8 Å². The second-order valence-electron chi connectivity index (χ2n) is 6.75. The lowest BCUT2D eigenvalue weighted by Crippen LogP contribution is -2.36. The van der Waals surface area contributed by atoms with Crippen molar-refractivity contribution in [3.8, 4) is 0 Å². The third-order valence-corrected chi connectivity index (χ3v) is 6.36. The summed E-state index contributed by atoms with van der Waals surface area (Å²) in [5.74, 6) is 1.02. The number of aryl methyl sites for hydroxylation is 2. The van der Waals surface area contributed by atoms with Crippen molar-refractivity contribution in [2.75, 3.05) is 31.2 Å². The average Bonchev–Trinajstić information content (AvgIpc) is 3.32. The van der Waals surface area contributed by atoms with Crippen molar-refractivity contribution >= 4 is 22.4 Å². The summed E-state index contributed by atoms with van der Waals surface area (Å²) < 4.78 is 7.47. The number of aromatic nitrogens is 3. The lowest BCUT2D eigenvalue weighted by atomic mass is 9.90. The molecule has 2 aromatic rings. The van der Waals surface area contributed by atoms with E-state index in [1.807, 2.05) is 10.8 Å². The van der Waals surface area contributed by atoms with Crippen LogP contribution in [0, 0.1) is 5.92 Å². The van der Waals surface area contributed by atoms with Gasteiger partial charge in [-0.2, -0.15) is 0 Å². The fourth-order valence-corrected chi connectivity index (χ4v) is 4.74. The fourth-order valence-electron chi connectivity index (χ4n) is 3.58. The molecule has 8 heteroatoms. The highest BCUT2D eigenvalue weighted by Gasteiger charge is 2.28. The number of morpholine rings is 1. The third-order valence-electron chi connectivity index (χ3n) is 5.14. The molecule has 140 valence electrons. The second-order valence-corrected chi connectivity index (χ2v) is 7.81. The van der Waals surface area contributed by atoms with Gasteiger partial charge >= 0.3 is 0 Å². The topological polar surface area (TPSA) is 72.3 Å². The van der Waals surface area contributed by atoms with Gasteiger partial charge in [-0.3, -0.25) is 4.79 Å². The molecule has 1 aliphatic carbocycles. The monoisotopic (exact) mass is 375 g/mol. The summed E-state index contributed by atoms with van der Waals surface area (Å²) >= 11 is 1.79. The van der Waals surface area contributed by atoms with Gasteiger partial charge in [0.05, 0.1) is 25.5 Å². The molecule has 2 aromatic heterocycles. The predicted octanol–water partition coefficient (Wildman–Crippen LogP) is 1.62. The molecule has 1 atom stereocenters. The summed E-state index contributed by atoms with van der Waals surface area (Å²) in [5.41, 5.74) is 1.11. The number of carbonyl (C=O) groups is 1. The van der Waals surface area contributed by atoms with Gasteiger partial charge in [0.1, 0.15) is 5.82 Å². The minimum Gasteiger partial charge on any atom is -0.378 e. The molecule has 26 heavy (non-hydrogen) atoms. The van der Waals surface area contributed by atoms with Gasteiger partial charge in [0.2, 0.25) is 5.91 Å². The molecule has 1 saturated heterocycles. The van der Waals surface area contributed by atoms with Gasteiger partial charge in [-0.25, -0.2) is 9.97 Å². The van der Waals surface area contributed by atoms with Crippen LogP contribution in [-0.2, 0) is 35.5 Å². The number of anilines is 1. The van der Waals surface area contributed by atoms with Crippen molar-refractivity contribution in [3.63, 3.8) is 0 Å². The lowest BCUT2D eigenvalue weighted by Gasteiger charge is -2.26. The summed E-state index contributed by atoms with van der Waals surface area (Å²) in [4.78, 5) is 25.4. The Morgan fingerprint density at radius 3 is 3.08 bits per heavy atom. The Kier molecular flexibility index (Phi) is 5.21. The zero-order valence-electron chi connectivity index (χ0n) is 15.1. The maximum absolute atomic E-state index is 12.6. The van der Waals surface area contributed by atoms with E-state index >= 15 is 0 Å². The number of amides is 1. The number of rotatable bonds is 5. The van der Waals surface area contributed by atoms with Gasteiger partial charge in [-0.15, -0.1) is 11.3 Å². The Balaban J connectivity index is 1.36. The molecular weight excluding hydrogens is 350 g/mol. The molecule has 1 amide bonds. The number of hydrogen-bond acceptors (Lipinski definition) is 6. The van der Waals surface area contributed by atoms with Gasteiger partial charge in [0.15, 0.2) is 5.13 Å². The summed E-state index contributed by atoms with van der Waals surface area (Å²) in [6.45, 7) is 6.76. The van der Waals surface area contributed by atoms with Gasteiger partial charge in [0.25, 0.3) is 0 Å². The predicted molar refractivity (Wildman–Crippen MR) is 100 cm³/mol. The number of hydrogen-bond donors (Lipinski definition) is 1. The molecule has 1 fully saturated rings. The number of nitrogens with one attached hydrogen (secondary N) is 1. The first-order chi connectivity index (χ1) is 12.7. The van der Waals surface area contributed by atoms with E-state index in [1.54, 1.807) is 17.5 Å². The van der Waals surface area contributed by atoms with Crippen LogP contribution < -0.4 is 10.2 Å². The Hall–Kier alpha value is -1.93. The number of carbonyl (C=O) groups excluding carboxylic acids is 1. The first-order valence-electron chi connectivity index (χ1n) is 9.33. The van der Waals surface area contributed by atoms with Crippen LogP contribution in [0.4, 0.5) is 5.13 Å². The van der Waals surface area contributed by atoms with Crippen LogP contribution in [-0.4, -0.2) is 46.7 Å². The van der Waals surface area contributed by atoms with Crippen LogP contribution in [0.25, 0.3) is 0 Å². The molecule has 1 aliphatic heterocycles. The highest BCUT2D eigenvalue weighted by atomic mass is 32.1. The summed E-state index contributed by atoms with van der Waals surface area (Å²) in [6.07, 6.45) is 6.30. The molecule has 2 aliphatic rings. The Labute approximate surface area is 157 Å². The molecule has 3 heterocycles. The maximum atomic E-state index is 12.6. The van der Waals surface area contributed by atoms with Crippen molar-refractivity contribution in [3.05, 3.63) is 28.8 Å². The molecule has 0 spiro atoms. The first-order valence-corrected chi connectivity index (χ1v) is 10.1. The van der Waals surface area contributed by atoms with E-state index in [9.17, 15) is 4.79 Å². The lowest BCUT2D eigenvalue weighted by molar-refractivity contribution is -0.125. The van der Waals surface area contributed by atoms with Gasteiger partial charge in [0, 0.05) is 49.2 Å². The van der Waals surface area contributed by atoms with Crippen molar-refractivity contribution in [2.45, 2.75) is 39.3 Å². The highest BCUT2D eigenvalue weighted by Crippen LogP contribution is 2.34. The van der Waals surface area contributed by atoms with E-state index in [1.165, 1.54) is 4.88 Å². The molecule has 0 radical (unpaired) electrons. The van der Waals surface area contributed by atoms with Crippen LogP contribution in [0.2, 0.25) is 0 Å². The number of fused-ring (bicyclic) bond motifs is 1. The fraction of sp³-hybridized carbons (Fsp3) is 0.611. The molecule has 4 rings (SSSR count). The van der Waals surface area contributed by atoms with E-state index < -0.39 is 0 Å². The van der Waals surface area contributed by atoms with Crippen molar-refractivity contribution < 1.29 is 9.53 Å². The van der Waals surface area contributed by atoms with Crippen LogP contribution in [0.15, 0.2) is 12.4 Å². The summed E-state index contributed by atoms with van der Waals surface area (Å²) in [7, 11) is 0. The van der Waals surface area contributed by atoms with E-state index in [2.05, 4.69) is 22.1 Å². The smallest absolute Gasteiger partial charge is 0.223 e. The highest BCUT2D eigenvalue weighted by molar-refractivity contribution is 7.15. The average molecular weight is 375 g/mol. The number of ether oxygens (including phenoxy) is 1. The Morgan fingerprint density at radius 2 is 2.27 bits per heavy atom. The van der Waals surface area contributed by atoms with Gasteiger partial charge < -0.3 is 19.5 Å². The van der Waals surface area contributed by atoms with Crippen LogP contribution in [0.1, 0.15) is 29.7 Å².